The molecule has 172 valence electrons. The number of aromatic nitrogens is 3. The van der Waals surface area contributed by atoms with Gasteiger partial charge in [0.15, 0.2) is 0 Å². The number of H-pyrrole nitrogens is 1. The van der Waals surface area contributed by atoms with E-state index in [2.05, 4.69) is 54.6 Å². The van der Waals surface area contributed by atoms with E-state index in [4.69, 9.17) is 0 Å². The molecule has 8 nitrogen and oxygen atoms in total. The van der Waals surface area contributed by atoms with Crippen molar-refractivity contribution in [1.82, 2.24) is 25.2 Å². The smallest absolute Gasteiger partial charge is 0.254 e. The highest BCUT2D eigenvalue weighted by Crippen LogP contribution is 2.38. The maximum Gasteiger partial charge on any atom is 0.254 e. The molecule has 1 aromatic carbocycles. The van der Waals surface area contributed by atoms with Crippen molar-refractivity contribution in [2.24, 2.45) is 0 Å². The second-order valence-electron chi connectivity index (χ2n) is 9.09. The van der Waals surface area contributed by atoms with Crippen molar-refractivity contribution in [2.45, 2.75) is 13.5 Å². The molecule has 5 heterocycles. The van der Waals surface area contributed by atoms with Crippen LogP contribution in [0.25, 0.3) is 22.0 Å². The molecule has 3 N–H and O–H groups in total. The number of nitrogens with zero attached hydrogens (tertiary/aromatic N) is 4. The number of hydrogen-bond acceptors (Lipinski definition) is 6. The van der Waals surface area contributed by atoms with Crippen LogP contribution in [0.5, 0.6) is 0 Å². The summed E-state index contributed by atoms with van der Waals surface area (Å²) in [5.74, 6) is 0.654. The Morgan fingerprint density at radius 3 is 2.65 bits per heavy atom. The average Bonchev–Trinajstić information content (AvgIpc) is 3.44. The molecule has 0 unspecified atom stereocenters. The van der Waals surface area contributed by atoms with E-state index in [0.717, 1.165) is 76.7 Å². The van der Waals surface area contributed by atoms with Crippen LogP contribution in [0.2, 0.25) is 0 Å². The van der Waals surface area contributed by atoms with Crippen molar-refractivity contribution in [3.8, 4) is 11.1 Å². The molecule has 0 spiro atoms. The van der Waals surface area contributed by atoms with E-state index in [9.17, 15) is 4.79 Å². The summed E-state index contributed by atoms with van der Waals surface area (Å²) in [7, 11) is 2.15. The number of carbonyl (C=O) groups excluding carboxylic acids is 1. The quantitative estimate of drug-likeness (QED) is 0.437. The van der Waals surface area contributed by atoms with Crippen LogP contribution in [0.15, 0.2) is 48.9 Å². The molecule has 1 saturated heterocycles. The molecule has 3 aromatic heterocycles. The fraction of sp³-hybridized carbons (Fsp3) is 0.269. The van der Waals surface area contributed by atoms with E-state index in [-0.39, 0.29) is 5.91 Å². The molecule has 0 atom stereocenters. The summed E-state index contributed by atoms with van der Waals surface area (Å²) >= 11 is 0. The minimum Gasteiger partial charge on any atom is -0.368 e. The molecule has 0 bridgehead atoms. The Bertz CT molecular complexity index is 1380. The van der Waals surface area contributed by atoms with E-state index < -0.39 is 0 Å². The molecule has 1 amide bonds. The van der Waals surface area contributed by atoms with Gasteiger partial charge in [-0.1, -0.05) is 6.07 Å². The van der Waals surface area contributed by atoms with Crippen molar-refractivity contribution in [1.29, 1.82) is 0 Å². The molecule has 0 saturated carbocycles. The van der Waals surface area contributed by atoms with Crippen molar-refractivity contribution in [3.63, 3.8) is 0 Å². The Morgan fingerprint density at radius 2 is 1.85 bits per heavy atom. The molecule has 0 aliphatic carbocycles. The molecule has 4 aromatic rings. The molecule has 8 heteroatoms. The lowest BCUT2D eigenvalue weighted by atomic mass is 9.95. The van der Waals surface area contributed by atoms with Crippen LogP contribution in [0.4, 0.5) is 17.2 Å². The van der Waals surface area contributed by atoms with E-state index in [1.165, 1.54) is 0 Å². The van der Waals surface area contributed by atoms with Gasteiger partial charge < -0.3 is 25.4 Å². The van der Waals surface area contributed by atoms with Gasteiger partial charge in [0.1, 0.15) is 5.82 Å². The topological polar surface area (TPSA) is 89.2 Å². The highest BCUT2D eigenvalue weighted by molar-refractivity contribution is 6.07. The standard InChI is InChI=1S/C26H27N7O/c1-16-11-23-20(14-27-16)19(13-28-23)18-4-5-22(25-21(18)15-30-26(25)34)31-24-6-3-17(12-29-24)33-9-7-32(2)8-10-33/h3-6,11-14,28H,7-10,15H2,1-2H3,(H,29,31)(H,30,34). The van der Waals surface area contributed by atoms with Gasteiger partial charge in [-0.05, 0) is 49.4 Å². The van der Waals surface area contributed by atoms with Crippen LogP contribution in [0, 0.1) is 6.92 Å². The first kappa shape index (κ1) is 20.7. The van der Waals surface area contributed by atoms with Crippen molar-refractivity contribution in [2.75, 3.05) is 43.4 Å². The predicted octanol–water partition coefficient (Wildman–Crippen LogP) is 3.67. The minimum absolute atomic E-state index is 0.0674. The highest BCUT2D eigenvalue weighted by Gasteiger charge is 2.27. The second-order valence-corrected chi connectivity index (χ2v) is 9.09. The molecule has 2 aliphatic rings. The number of nitrogens with one attached hydrogen (secondary N) is 3. The minimum atomic E-state index is -0.0674. The summed E-state index contributed by atoms with van der Waals surface area (Å²) in [6.45, 7) is 6.60. The van der Waals surface area contributed by atoms with Crippen LogP contribution in [0.3, 0.4) is 0 Å². The van der Waals surface area contributed by atoms with Crippen molar-refractivity contribution >= 4 is 34.0 Å². The number of amides is 1. The maximum absolute atomic E-state index is 12.8. The van der Waals surface area contributed by atoms with Gasteiger partial charge in [0.25, 0.3) is 5.91 Å². The Kier molecular flexibility index (Phi) is 4.95. The fourth-order valence-electron chi connectivity index (χ4n) is 4.90. The zero-order valence-corrected chi connectivity index (χ0v) is 19.4. The number of benzene rings is 1. The Hall–Kier alpha value is -3.91. The lowest BCUT2D eigenvalue weighted by Gasteiger charge is -2.33. The summed E-state index contributed by atoms with van der Waals surface area (Å²) in [6.07, 6.45) is 5.80. The first-order chi connectivity index (χ1) is 16.6. The van der Waals surface area contributed by atoms with E-state index >= 15 is 0 Å². The molecule has 34 heavy (non-hydrogen) atoms. The van der Waals surface area contributed by atoms with Gasteiger partial charge in [0, 0.05) is 67.3 Å². The first-order valence-corrected chi connectivity index (χ1v) is 11.6. The lowest BCUT2D eigenvalue weighted by molar-refractivity contribution is 0.0966. The molecule has 1 fully saturated rings. The number of likely N-dealkylation sites (N-methyl/N-ethyl adjacent to an activating group) is 1. The first-order valence-electron chi connectivity index (χ1n) is 11.6. The highest BCUT2D eigenvalue weighted by atomic mass is 16.1. The number of anilines is 3. The van der Waals surface area contributed by atoms with Crippen LogP contribution >= 0.6 is 0 Å². The van der Waals surface area contributed by atoms with Crippen molar-refractivity contribution in [3.05, 3.63) is 65.7 Å². The number of aryl methyl sites for hydroxylation is 1. The summed E-state index contributed by atoms with van der Waals surface area (Å²) in [5, 5.41) is 7.41. The third kappa shape index (κ3) is 3.56. The lowest BCUT2D eigenvalue weighted by Crippen LogP contribution is -2.44. The number of pyridine rings is 2. The van der Waals surface area contributed by atoms with Crippen LogP contribution in [0.1, 0.15) is 21.6 Å². The third-order valence-corrected chi connectivity index (χ3v) is 6.84. The van der Waals surface area contributed by atoms with Crippen molar-refractivity contribution < 1.29 is 4.79 Å². The van der Waals surface area contributed by atoms with E-state index in [0.29, 0.717) is 12.1 Å². The summed E-state index contributed by atoms with van der Waals surface area (Å²) < 4.78 is 0. The maximum atomic E-state index is 12.8. The average molecular weight is 454 g/mol. The summed E-state index contributed by atoms with van der Waals surface area (Å²) in [5.41, 5.74) is 7.66. The molecular weight excluding hydrogens is 426 g/mol. The molecule has 2 aliphatic heterocycles. The number of hydrogen-bond donors (Lipinski definition) is 3. The van der Waals surface area contributed by atoms with Gasteiger partial charge in [-0.25, -0.2) is 4.98 Å². The number of rotatable bonds is 4. The van der Waals surface area contributed by atoms with Crippen LogP contribution in [-0.4, -0.2) is 59.0 Å². The Balaban J connectivity index is 1.31. The number of piperazine rings is 1. The zero-order chi connectivity index (χ0) is 23.2. The SMILES string of the molecule is Cc1cc2[nH]cc(-c3ccc(Nc4ccc(N5CCN(C)CC5)cn4)c4c3CNC4=O)c2cn1. The van der Waals surface area contributed by atoms with Gasteiger partial charge in [-0.15, -0.1) is 0 Å². The van der Waals surface area contributed by atoms with Gasteiger partial charge in [-0.3, -0.25) is 9.78 Å². The molecule has 6 rings (SSSR count). The van der Waals surface area contributed by atoms with E-state index in [1.807, 2.05) is 43.7 Å². The Morgan fingerprint density at radius 1 is 1.00 bits per heavy atom. The fourth-order valence-corrected chi connectivity index (χ4v) is 4.90. The Labute approximate surface area is 198 Å². The zero-order valence-electron chi connectivity index (χ0n) is 19.4. The van der Waals surface area contributed by atoms with E-state index in [1.54, 1.807) is 0 Å². The summed E-state index contributed by atoms with van der Waals surface area (Å²) in [6, 6.07) is 10.2. The normalized spacial score (nSPS) is 16.1. The molecule has 0 radical (unpaired) electrons. The monoisotopic (exact) mass is 453 g/mol. The third-order valence-electron chi connectivity index (χ3n) is 6.84. The van der Waals surface area contributed by atoms with Gasteiger partial charge in [0.05, 0.1) is 23.1 Å². The number of aromatic amines is 1. The van der Waals surface area contributed by atoms with Gasteiger partial charge in [-0.2, -0.15) is 0 Å². The number of carbonyl (C=O) groups is 1. The van der Waals surface area contributed by atoms with Gasteiger partial charge >= 0.3 is 0 Å². The number of fused-ring (bicyclic) bond motifs is 2. The van der Waals surface area contributed by atoms with Crippen LogP contribution < -0.4 is 15.5 Å². The predicted molar refractivity (Wildman–Crippen MR) is 135 cm³/mol. The second kappa shape index (κ2) is 8.14. The molecular formula is C26H27N7O. The van der Waals surface area contributed by atoms with Gasteiger partial charge in [0.2, 0.25) is 0 Å². The summed E-state index contributed by atoms with van der Waals surface area (Å²) in [4.78, 5) is 29.9. The largest absolute Gasteiger partial charge is 0.368 e. The van der Waals surface area contributed by atoms with Crippen LogP contribution in [-0.2, 0) is 6.54 Å².